The average molecular weight is 399 g/mol. The summed E-state index contributed by atoms with van der Waals surface area (Å²) in [6.07, 6.45) is 6.00. The van der Waals surface area contributed by atoms with Crippen LogP contribution in [0, 0.1) is 0 Å². The molecule has 0 atom stereocenters. The Morgan fingerprint density at radius 2 is 1.83 bits per heavy atom. The summed E-state index contributed by atoms with van der Waals surface area (Å²) < 4.78 is 13.4. The Balaban J connectivity index is 1.61. The fraction of sp³-hybridized carbons (Fsp3) is 0.545. The molecule has 1 aromatic heterocycles. The Bertz CT molecular complexity index is 844. The van der Waals surface area contributed by atoms with Crippen LogP contribution in [0.4, 0.5) is 0 Å². The van der Waals surface area contributed by atoms with Gasteiger partial charge < -0.3 is 19.7 Å². The Morgan fingerprint density at radius 3 is 2.45 bits per heavy atom. The number of hydrogen-bond acceptors (Lipinski definition) is 5. The van der Waals surface area contributed by atoms with Crippen molar-refractivity contribution >= 4 is 5.91 Å². The van der Waals surface area contributed by atoms with E-state index in [1.54, 1.807) is 6.20 Å². The Hall–Kier alpha value is -2.54. The van der Waals surface area contributed by atoms with Crippen molar-refractivity contribution in [1.82, 2.24) is 20.0 Å². The lowest BCUT2D eigenvalue weighted by Crippen LogP contribution is -2.56. The van der Waals surface area contributed by atoms with E-state index in [0.29, 0.717) is 26.3 Å². The van der Waals surface area contributed by atoms with Crippen molar-refractivity contribution in [3.63, 3.8) is 0 Å². The van der Waals surface area contributed by atoms with E-state index in [1.807, 2.05) is 41.8 Å². The van der Waals surface area contributed by atoms with E-state index in [-0.39, 0.29) is 5.91 Å². The Morgan fingerprint density at radius 1 is 1.14 bits per heavy atom. The van der Waals surface area contributed by atoms with Crippen LogP contribution >= 0.6 is 0 Å². The highest BCUT2D eigenvalue weighted by Crippen LogP contribution is 2.36. The van der Waals surface area contributed by atoms with Crippen LogP contribution in [-0.2, 0) is 23.3 Å². The van der Waals surface area contributed by atoms with Crippen molar-refractivity contribution in [3.05, 3.63) is 41.7 Å². The van der Waals surface area contributed by atoms with Crippen molar-refractivity contribution in [2.24, 2.45) is 0 Å². The second kappa shape index (κ2) is 8.45. The third-order valence-electron chi connectivity index (χ3n) is 5.94. The fourth-order valence-corrected chi connectivity index (χ4v) is 4.47. The second-order valence-electron chi connectivity index (χ2n) is 7.64. The first-order valence-corrected chi connectivity index (χ1v) is 10.6. The van der Waals surface area contributed by atoms with Crippen LogP contribution in [-0.4, -0.2) is 53.4 Å². The first-order chi connectivity index (χ1) is 14.2. The van der Waals surface area contributed by atoms with Gasteiger partial charge >= 0.3 is 0 Å². The minimum atomic E-state index is -0.597. The number of fused-ring (bicyclic) bond motifs is 1. The van der Waals surface area contributed by atoms with Gasteiger partial charge in [0, 0.05) is 25.5 Å². The number of benzene rings is 1. The highest BCUT2D eigenvalue weighted by Gasteiger charge is 2.45. The lowest BCUT2D eigenvalue weighted by molar-refractivity contribution is -0.144. The van der Waals surface area contributed by atoms with E-state index in [4.69, 9.17) is 9.47 Å². The van der Waals surface area contributed by atoms with Gasteiger partial charge in [0.05, 0.1) is 13.2 Å². The van der Waals surface area contributed by atoms with Gasteiger partial charge in [0.1, 0.15) is 5.54 Å². The van der Waals surface area contributed by atoms with E-state index in [0.717, 1.165) is 49.4 Å². The van der Waals surface area contributed by atoms with Gasteiger partial charge in [-0.3, -0.25) is 9.48 Å². The maximum atomic E-state index is 13.7. The zero-order valence-corrected chi connectivity index (χ0v) is 17.3. The van der Waals surface area contributed by atoms with Gasteiger partial charge in [0.25, 0.3) is 5.91 Å². The molecule has 4 rings (SSSR count). The van der Waals surface area contributed by atoms with Gasteiger partial charge in [-0.15, -0.1) is 0 Å². The van der Waals surface area contributed by atoms with Crippen LogP contribution < -0.4 is 14.8 Å². The molecule has 0 bridgehead atoms. The molecule has 0 spiro atoms. The molecule has 0 radical (unpaired) electrons. The number of amides is 1. The highest BCUT2D eigenvalue weighted by molar-refractivity contribution is 5.85. The molecular formula is C22H30N4O3. The van der Waals surface area contributed by atoms with Crippen molar-refractivity contribution in [3.8, 4) is 11.5 Å². The molecular weight excluding hydrogens is 368 g/mol. The Kier molecular flexibility index (Phi) is 5.76. The maximum Gasteiger partial charge on any atom is 0.250 e. The summed E-state index contributed by atoms with van der Waals surface area (Å²) in [6, 6.07) is 6.03. The van der Waals surface area contributed by atoms with Crippen molar-refractivity contribution < 1.29 is 14.3 Å². The molecule has 29 heavy (non-hydrogen) atoms. The predicted octanol–water partition coefficient (Wildman–Crippen LogP) is 2.34. The van der Waals surface area contributed by atoms with E-state index in [2.05, 4.69) is 16.5 Å². The third-order valence-corrected chi connectivity index (χ3v) is 5.94. The number of carbonyl (C=O) groups excluding carboxylic acids is 1. The minimum absolute atomic E-state index is 0.167. The molecule has 7 nitrogen and oxygen atoms in total. The first kappa shape index (κ1) is 19.8. The molecule has 1 N–H and O–H groups in total. The molecule has 1 aromatic carbocycles. The van der Waals surface area contributed by atoms with Crippen LogP contribution in [0.15, 0.2) is 30.6 Å². The summed E-state index contributed by atoms with van der Waals surface area (Å²) in [5.74, 6) is 1.71. The molecule has 2 aliphatic rings. The average Bonchev–Trinajstić information content (AvgIpc) is 3.30. The monoisotopic (exact) mass is 398 g/mol. The van der Waals surface area contributed by atoms with Crippen molar-refractivity contribution in [2.75, 3.05) is 32.8 Å². The van der Waals surface area contributed by atoms with Gasteiger partial charge in [0.2, 0.25) is 0 Å². The quantitative estimate of drug-likeness (QED) is 0.809. The van der Waals surface area contributed by atoms with Crippen molar-refractivity contribution in [1.29, 1.82) is 0 Å². The summed E-state index contributed by atoms with van der Waals surface area (Å²) in [6.45, 7) is 8.07. The molecule has 156 valence electrons. The zero-order chi connectivity index (χ0) is 20.3. The van der Waals surface area contributed by atoms with Crippen LogP contribution in [0.1, 0.15) is 37.8 Å². The fourth-order valence-electron chi connectivity index (χ4n) is 4.47. The summed E-state index contributed by atoms with van der Waals surface area (Å²) in [4.78, 5) is 15.7. The van der Waals surface area contributed by atoms with E-state index in [1.165, 1.54) is 5.56 Å². The molecule has 7 heteroatoms. The van der Waals surface area contributed by atoms with Gasteiger partial charge in [-0.25, -0.2) is 0 Å². The van der Waals surface area contributed by atoms with E-state index < -0.39 is 5.54 Å². The van der Waals surface area contributed by atoms with Gasteiger partial charge in [-0.05, 0) is 75.5 Å². The minimum Gasteiger partial charge on any atom is -0.490 e. The number of piperidine rings is 1. The number of aromatic nitrogens is 2. The number of carbonyl (C=O) groups is 1. The molecule has 0 unspecified atom stereocenters. The normalized spacial score (nSPS) is 18.2. The number of nitrogens with one attached hydrogen (secondary N) is 1. The van der Waals surface area contributed by atoms with Crippen LogP contribution in [0.2, 0.25) is 0 Å². The SMILES string of the molecule is CCOc1cc2c(cc1OCC)CN(C(=O)C1(n3cccn3)CCNCC1)CC2. The molecule has 2 aliphatic heterocycles. The zero-order valence-electron chi connectivity index (χ0n) is 17.3. The molecule has 1 amide bonds. The van der Waals surface area contributed by atoms with Crippen molar-refractivity contribution in [2.45, 2.75) is 45.2 Å². The topological polar surface area (TPSA) is 68.6 Å². The largest absolute Gasteiger partial charge is 0.490 e. The van der Waals surface area contributed by atoms with Crippen LogP contribution in [0.3, 0.4) is 0 Å². The Labute approximate surface area is 172 Å². The number of nitrogens with zero attached hydrogens (tertiary/aromatic N) is 3. The van der Waals surface area contributed by atoms with Gasteiger partial charge in [-0.1, -0.05) is 0 Å². The smallest absolute Gasteiger partial charge is 0.250 e. The van der Waals surface area contributed by atoms with Crippen LogP contribution in [0.5, 0.6) is 11.5 Å². The third kappa shape index (κ3) is 3.71. The molecule has 1 fully saturated rings. The van der Waals surface area contributed by atoms with Gasteiger partial charge in [0.15, 0.2) is 11.5 Å². The summed E-state index contributed by atoms with van der Waals surface area (Å²) in [7, 11) is 0. The number of rotatable bonds is 6. The standard InChI is InChI=1S/C22H30N4O3/c1-3-28-19-14-17-6-13-25(16-18(17)15-20(19)29-4-2)21(27)22(7-10-23-11-8-22)26-12-5-9-24-26/h5,9,12,14-15,23H,3-4,6-8,10-11,13,16H2,1-2H3. The molecule has 2 aromatic rings. The summed E-state index contributed by atoms with van der Waals surface area (Å²) in [5, 5.41) is 7.82. The van der Waals surface area contributed by atoms with E-state index in [9.17, 15) is 4.79 Å². The first-order valence-electron chi connectivity index (χ1n) is 10.6. The van der Waals surface area contributed by atoms with Gasteiger partial charge in [-0.2, -0.15) is 5.10 Å². The predicted molar refractivity (Wildman–Crippen MR) is 110 cm³/mol. The molecule has 0 aliphatic carbocycles. The maximum absolute atomic E-state index is 13.7. The summed E-state index contributed by atoms with van der Waals surface area (Å²) in [5.41, 5.74) is 1.78. The number of ether oxygens (including phenoxy) is 2. The number of hydrogen-bond donors (Lipinski definition) is 1. The summed E-state index contributed by atoms with van der Waals surface area (Å²) >= 11 is 0. The lowest BCUT2D eigenvalue weighted by Gasteiger charge is -2.41. The van der Waals surface area contributed by atoms with E-state index >= 15 is 0 Å². The molecule has 0 saturated carbocycles. The highest BCUT2D eigenvalue weighted by atomic mass is 16.5. The lowest BCUT2D eigenvalue weighted by atomic mass is 9.85. The van der Waals surface area contributed by atoms with Crippen LogP contribution in [0.25, 0.3) is 0 Å². The molecule has 3 heterocycles. The second-order valence-corrected chi connectivity index (χ2v) is 7.64. The molecule has 1 saturated heterocycles.